The second-order valence-corrected chi connectivity index (χ2v) is 5.42. The Bertz CT molecular complexity index is 595. The molecular formula is C14H22N2O6. The van der Waals surface area contributed by atoms with Gasteiger partial charge in [0.05, 0.1) is 18.3 Å². The number of ether oxygens (including phenoxy) is 3. The first-order chi connectivity index (χ1) is 10.4. The van der Waals surface area contributed by atoms with Gasteiger partial charge in [0.2, 0.25) is 0 Å². The fourth-order valence-corrected chi connectivity index (χ4v) is 2.48. The Hall–Kier alpha value is -1.48. The van der Waals surface area contributed by atoms with Crippen molar-refractivity contribution >= 4 is 0 Å². The maximum Gasteiger partial charge on any atom is 0.325 e. The summed E-state index contributed by atoms with van der Waals surface area (Å²) >= 11 is 0. The molecule has 1 aromatic rings. The molecule has 1 fully saturated rings. The van der Waals surface area contributed by atoms with Gasteiger partial charge in [0, 0.05) is 12.8 Å². The Morgan fingerprint density at radius 3 is 2.73 bits per heavy atom. The smallest absolute Gasteiger partial charge is 0.325 e. The van der Waals surface area contributed by atoms with E-state index >= 15 is 0 Å². The minimum atomic E-state index is -1.03. The number of aromatic nitrogens is 2. The van der Waals surface area contributed by atoms with E-state index < -0.39 is 35.7 Å². The predicted octanol–water partition coefficient (Wildman–Crippen LogP) is -0.306. The molecule has 124 valence electrons. The van der Waals surface area contributed by atoms with Gasteiger partial charge in [0.15, 0.2) is 0 Å². The Balaban J connectivity index is 2.25. The first kappa shape index (κ1) is 16.9. The minimum Gasteiger partial charge on any atom is -0.387 e. The van der Waals surface area contributed by atoms with Crippen molar-refractivity contribution in [1.82, 2.24) is 9.97 Å². The van der Waals surface area contributed by atoms with Gasteiger partial charge in [-0.25, -0.2) is 4.79 Å². The first-order valence-electron chi connectivity index (χ1n) is 7.32. The molecule has 0 radical (unpaired) electrons. The summed E-state index contributed by atoms with van der Waals surface area (Å²) in [5, 5.41) is 10.5. The van der Waals surface area contributed by atoms with E-state index in [9.17, 15) is 14.7 Å². The molecule has 0 aliphatic carbocycles. The van der Waals surface area contributed by atoms with Crippen LogP contribution in [0.4, 0.5) is 0 Å². The molecule has 1 saturated heterocycles. The number of aliphatic hydroxyl groups is 1. The fraction of sp³-hybridized carbons (Fsp3) is 0.714. The quantitative estimate of drug-likeness (QED) is 0.664. The van der Waals surface area contributed by atoms with E-state index in [0.717, 1.165) is 0 Å². The standard InChI is InChI=1S/C14H22N2O6/c1-4-20-6-9-12(21-7(2)3)10(17)11(22-9)8-5-15-14(19)16-13(8)18/h5,7,9-12,17H,4,6H2,1-3H3,(H2,15,16,18,19)/t9-,10?,11+,12?/m1/s1. The highest BCUT2D eigenvalue weighted by atomic mass is 16.6. The van der Waals surface area contributed by atoms with E-state index in [1.807, 2.05) is 20.8 Å². The monoisotopic (exact) mass is 314 g/mol. The first-order valence-corrected chi connectivity index (χ1v) is 7.32. The van der Waals surface area contributed by atoms with Gasteiger partial charge in [0.25, 0.3) is 5.56 Å². The van der Waals surface area contributed by atoms with Crippen molar-refractivity contribution in [2.75, 3.05) is 13.2 Å². The normalized spacial score (nSPS) is 28.4. The van der Waals surface area contributed by atoms with Crippen LogP contribution in [0.25, 0.3) is 0 Å². The molecule has 1 aliphatic rings. The van der Waals surface area contributed by atoms with Crippen LogP contribution in [0.1, 0.15) is 32.4 Å². The van der Waals surface area contributed by atoms with Gasteiger partial charge in [-0.3, -0.25) is 9.78 Å². The van der Waals surface area contributed by atoms with Crippen molar-refractivity contribution in [3.05, 3.63) is 32.6 Å². The number of nitrogens with one attached hydrogen (secondary N) is 2. The zero-order valence-electron chi connectivity index (χ0n) is 12.9. The molecular weight excluding hydrogens is 292 g/mol. The Morgan fingerprint density at radius 2 is 2.14 bits per heavy atom. The molecule has 4 atom stereocenters. The summed E-state index contributed by atoms with van der Waals surface area (Å²) in [7, 11) is 0. The Kier molecular flexibility index (Phi) is 5.52. The van der Waals surface area contributed by atoms with Gasteiger partial charge in [-0.05, 0) is 20.8 Å². The van der Waals surface area contributed by atoms with E-state index in [4.69, 9.17) is 14.2 Å². The summed E-state index contributed by atoms with van der Waals surface area (Å²) < 4.78 is 16.8. The molecule has 2 heterocycles. The minimum absolute atomic E-state index is 0.111. The number of aliphatic hydroxyl groups excluding tert-OH is 1. The highest BCUT2D eigenvalue weighted by Crippen LogP contribution is 2.34. The lowest BCUT2D eigenvalue weighted by atomic mass is 10.0. The molecule has 0 aromatic carbocycles. The van der Waals surface area contributed by atoms with Crippen LogP contribution in [0.5, 0.6) is 0 Å². The Labute approximate surface area is 127 Å². The zero-order chi connectivity index (χ0) is 16.3. The number of H-pyrrole nitrogens is 2. The summed E-state index contributed by atoms with van der Waals surface area (Å²) in [6, 6.07) is 0. The number of aromatic amines is 2. The van der Waals surface area contributed by atoms with E-state index in [0.29, 0.717) is 6.61 Å². The largest absolute Gasteiger partial charge is 0.387 e. The summed E-state index contributed by atoms with van der Waals surface area (Å²) in [4.78, 5) is 27.5. The van der Waals surface area contributed by atoms with Crippen molar-refractivity contribution in [3.63, 3.8) is 0 Å². The van der Waals surface area contributed by atoms with Crippen LogP contribution < -0.4 is 11.2 Å². The molecule has 0 spiro atoms. The lowest BCUT2D eigenvalue weighted by Gasteiger charge is -2.23. The second kappa shape index (κ2) is 7.19. The second-order valence-electron chi connectivity index (χ2n) is 5.42. The molecule has 22 heavy (non-hydrogen) atoms. The zero-order valence-corrected chi connectivity index (χ0v) is 12.9. The Morgan fingerprint density at radius 1 is 1.41 bits per heavy atom. The van der Waals surface area contributed by atoms with Gasteiger partial charge < -0.3 is 24.3 Å². The van der Waals surface area contributed by atoms with Crippen LogP contribution in [0.3, 0.4) is 0 Å². The van der Waals surface area contributed by atoms with E-state index in [1.54, 1.807) is 0 Å². The van der Waals surface area contributed by atoms with Crippen LogP contribution in [0, 0.1) is 0 Å². The SMILES string of the molecule is CCOC[C@H]1O[C@@H](c2c[nH]c(=O)[nH]c2=O)C(O)C1OC(C)C. The van der Waals surface area contributed by atoms with Crippen LogP contribution in [0.15, 0.2) is 15.8 Å². The molecule has 2 rings (SSSR count). The van der Waals surface area contributed by atoms with E-state index in [-0.39, 0.29) is 18.3 Å². The van der Waals surface area contributed by atoms with Gasteiger partial charge in [-0.1, -0.05) is 0 Å². The summed E-state index contributed by atoms with van der Waals surface area (Å²) in [5.74, 6) is 0. The van der Waals surface area contributed by atoms with Crippen molar-refractivity contribution in [2.24, 2.45) is 0 Å². The molecule has 8 nitrogen and oxygen atoms in total. The third kappa shape index (κ3) is 3.64. The molecule has 0 amide bonds. The third-order valence-corrected chi connectivity index (χ3v) is 3.40. The summed E-state index contributed by atoms with van der Waals surface area (Å²) in [5.41, 5.74) is -1.04. The van der Waals surface area contributed by atoms with Gasteiger partial charge in [-0.2, -0.15) is 0 Å². The molecule has 8 heteroatoms. The van der Waals surface area contributed by atoms with Crippen LogP contribution in [-0.4, -0.2) is 52.7 Å². The topological polar surface area (TPSA) is 114 Å². The van der Waals surface area contributed by atoms with E-state index in [2.05, 4.69) is 9.97 Å². The van der Waals surface area contributed by atoms with Gasteiger partial charge in [-0.15, -0.1) is 0 Å². The van der Waals surface area contributed by atoms with Crippen molar-refractivity contribution in [3.8, 4) is 0 Å². The van der Waals surface area contributed by atoms with Crippen LogP contribution >= 0.6 is 0 Å². The predicted molar refractivity (Wildman–Crippen MR) is 77.8 cm³/mol. The van der Waals surface area contributed by atoms with E-state index in [1.165, 1.54) is 6.20 Å². The lowest BCUT2D eigenvalue weighted by molar-refractivity contribution is -0.0864. The number of hydrogen-bond acceptors (Lipinski definition) is 6. The average Bonchev–Trinajstić information content (AvgIpc) is 2.73. The van der Waals surface area contributed by atoms with Gasteiger partial charge in [0.1, 0.15) is 24.4 Å². The fourth-order valence-electron chi connectivity index (χ4n) is 2.48. The molecule has 1 aromatic heterocycles. The maximum atomic E-state index is 11.9. The lowest BCUT2D eigenvalue weighted by Crippen LogP contribution is -2.38. The molecule has 0 saturated carbocycles. The molecule has 2 unspecified atom stereocenters. The highest BCUT2D eigenvalue weighted by Gasteiger charge is 2.46. The number of rotatable bonds is 6. The van der Waals surface area contributed by atoms with Gasteiger partial charge >= 0.3 is 5.69 Å². The summed E-state index contributed by atoms with van der Waals surface area (Å²) in [6.07, 6.45) is -1.86. The third-order valence-electron chi connectivity index (χ3n) is 3.40. The van der Waals surface area contributed by atoms with Crippen molar-refractivity contribution in [1.29, 1.82) is 0 Å². The molecule has 1 aliphatic heterocycles. The average molecular weight is 314 g/mol. The van der Waals surface area contributed by atoms with Crippen LogP contribution in [-0.2, 0) is 14.2 Å². The maximum absolute atomic E-state index is 11.9. The van der Waals surface area contributed by atoms with Crippen molar-refractivity contribution < 1.29 is 19.3 Å². The summed E-state index contributed by atoms with van der Waals surface area (Å²) in [6.45, 7) is 6.32. The number of hydrogen-bond donors (Lipinski definition) is 3. The highest BCUT2D eigenvalue weighted by molar-refractivity contribution is 5.13. The molecule has 0 bridgehead atoms. The van der Waals surface area contributed by atoms with Crippen LogP contribution in [0.2, 0.25) is 0 Å². The van der Waals surface area contributed by atoms with Crippen molar-refractivity contribution in [2.45, 2.75) is 51.3 Å². The molecule has 3 N–H and O–H groups in total.